The minimum atomic E-state index is -2.59. The SMILES string of the molecule is Cc1nc(-c2ccccc2-c2ccc(C(=O)Nc3ccc(O)c(N(c4ccc(F)cc4)S(=O)O)c3)cc2)no1. The largest absolute Gasteiger partial charge is 0.506 e. The van der Waals surface area contributed by atoms with Crippen LogP contribution in [0.1, 0.15) is 16.2 Å². The van der Waals surface area contributed by atoms with Gasteiger partial charge in [-0.2, -0.15) is 4.98 Å². The summed E-state index contributed by atoms with van der Waals surface area (Å²) in [7, 11) is 0. The van der Waals surface area contributed by atoms with Gasteiger partial charge in [0.25, 0.3) is 17.2 Å². The Labute approximate surface area is 225 Å². The van der Waals surface area contributed by atoms with Crippen molar-refractivity contribution < 1.29 is 27.6 Å². The van der Waals surface area contributed by atoms with Crippen molar-refractivity contribution in [3.8, 4) is 28.3 Å². The monoisotopic (exact) mass is 544 g/mol. The molecule has 196 valence electrons. The van der Waals surface area contributed by atoms with Crippen LogP contribution in [-0.4, -0.2) is 29.9 Å². The number of aryl methyl sites for hydroxylation is 1. The van der Waals surface area contributed by atoms with Gasteiger partial charge < -0.3 is 14.9 Å². The lowest BCUT2D eigenvalue weighted by molar-refractivity contribution is 0.102. The molecule has 0 aliphatic carbocycles. The number of carbonyl (C=O) groups is 1. The number of benzene rings is 4. The minimum absolute atomic E-state index is 0.0519. The van der Waals surface area contributed by atoms with Gasteiger partial charge in [-0.1, -0.05) is 41.6 Å². The summed E-state index contributed by atoms with van der Waals surface area (Å²) in [4.78, 5) is 17.3. The summed E-state index contributed by atoms with van der Waals surface area (Å²) in [6, 6.07) is 23.5. The normalized spacial score (nSPS) is 11.7. The molecular weight excluding hydrogens is 523 g/mol. The highest BCUT2D eigenvalue weighted by Crippen LogP contribution is 2.36. The Kier molecular flexibility index (Phi) is 7.17. The Morgan fingerprint density at radius 3 is 2.31 bits per heavy atom. The smallest absolute Gasteiger partial charge is 0.266 e. The van der Waals surface area contributed by atoms with E-state index in [-0.39, 0.29) is 22.8 Å². The van der Waals surface area contributed by atoms with Gasteiger partial charge in [-0.15, -0.1) is 0 Å². The van der Waals surface area contributed by atoms with Crippen LogP contribution in [0.2, 0.25) is 0 Å². The van der Waals surface area contributed by atoms with Crippen molar-refractivity contribution in [3.05, 3.63) is 108 Å². The predicted molar refractivity (Wildman–Crippen MR) is 145 cm³/mol. The van der Waals surface area contributed by atoms with Crippen molar-refractivity contribution in [1.29, 1.82) is 0 Å². The second kappa shape index (κ2) is 10.9. The molecule has 3 N–H and O–H groups in total. The van der Waals surface area contributed by atoms with Crippen molar-refractivity contribution in [3.63, 3.8) is 0 Å². The highest BCUT2D eigenvalue weighted by atomic mass is 32.2. The van der Waals surface area contributed by atoms with Gasteiger partial charge in [-0.3, -0.25) is 9.35 Å². The highest BCUT2D eigenvalue weighted by Gasteiger charge is 2.20. The highest BCUT2D eigenvalue weighted by molar-refractivity contribution is 7.81. The summed E-state index contributed by atoms with van der Waals surface area (Å²) in [5.74, 6) is -0.341. The number of amides is 1. The van der Waals surface area contributed by atoms with Gasteiger partial charge in [0.05, 0.1) is 5.69 Å². The van der Waals surface area contributed by atoms with E-state index >= 15 is 0 Å². The fraction of sp³-hybridized carbons (Fsp3) is 0.0357. The lowest BCUT2D eigenvalue weighted by atomic mass is 9.98. The van der Waals surface area contributed by atoms with Gasteiger partial charge in [0.1, 0.15) is 17.3 Å². The van der Waals surface area contributed by atoms with E-state index in [1.165, 1.54) is 30.3 Å². The van der Waals surface area contributed by atoms with E-state index in [0.29, 0.717) is 17.3 Å². The molecule has 0 radical (unpaired) electrons. The van der Waals surface area contributed by atoms with E-state index in [9.17, 15) is 23.1 Å². The number of aromatic hydroxyl groups is 1. The summed E-state index contributed by atoms with van der Waals surface area (Å²) >= 11 is -2.59. The molecule has 0 saturated heterocycles. The summed E-state index contributed by atoms with van der Waals surface area (Å²) in [5.41, 5.74) is 3.25. The summed E-state index contributed by atoms with van der Waals surface area (Å²) in [5, 5.41) is 17.1. The standard InChI is InChI=1S/C28H21FN4O5S/c1-17-30-27(32-38-17)24-5-3-2-4-23(24)18-6-8-19(9-7-18)28(35)31-21-12-15-26(34)25(16-21)33(39(36)37)22-13-10-20(29)11-14-22/h2-16,34H,1H3,(H,31,35)(H,36,37). The third-order valence-corrected chi connectivity index (χ3v) is 6.54. The van der Waals surface area contributed by atoms with Crippen molar-refractivity contribution in [1.82, 2.24) is 10.1 Å². The van der Waals surface area contributed by atoms with Crippen molar-refractivity contribution in [2.45, 2.75) is 6.92 Å². The van der Waals surface area contributed by atoms with Crippen LogP contribution in [0.25, 0.3) is 22.5 Å². The zero-order valence-corrected chi connectivity index (χ0v) is 21.2. The zero-order valence-electron chi connectivity index (χ0n) is 20.4. The lowest BCUT2D eigenvalue weighted by Gasteiger charge is -2.21. The molecule has 4 aromatic carbocycles. The number of nitrogens with one attached hydrogen (secondary N) is 1. The third kappa shape index (κ3) is 5.54. The number of halogens is 1. The first-order chi connectivity index (χ1) is 18.8. The zero-order chi connectivity index (χ0) is 27.5. The number of nitrogens with zero attached hydrogens (tertiary/aromatic N) is 3. The van der Waals surface area contributed by atoms with Crippen LogP contribution in [0.5, 0.6) is 5.75 Å². The van der Waals surface area contributed by atoms with Crippen LogP contribution in [-0.2, 0) is 11.3 Å². The van der Waals surface area contributed by atoms with Crippen LogP contribution >= 0.6 is 0 Å². The Bertz CT molecular complexity index is 1670. The van der Waals surface area contributed by atoms with E-state index in [1.807, 2.05) is 24.3 Å². The number of phenols is 1. The topological polar surface area (TPSA) is 129 Å². The molecule has 0 spiro atoms. The van der Waals surface area contributed by atoms with Gasteiger partial charge in [0.2, 0.25) is 11.7 Å². The van der Waals surface area contributed by atoms with Crippen molar-refractivity contribution in [2.75, 3.05) is 9.62 Å². The van der Waals surface area contributed by atoms with Crippen LogP contribution < -0.4 is 9.62 Å². The Morgan fingerprint density at radius 2 is 1.67 bits per heavy atom. The summed E-state index contributed by atoms with van der Waals surface area (Å²) in [6.45, 7) is 1.72. The van der Waals surface area contributed by atoms with E-state index in [4.69, 9.17) is 4.52 Å². The van der Waals surface area contributed by atoms with Gasteiger partial charge in [0.15, 0.2) is 0 Å². The lowest BCUT2D eigenvalue weighted by Crippen LogP contribution is -2.20. The van der Waals surface area contributed by atoms with E-state index in [1.54, 1.807) is 31.2 Å². The molecule has 1 amide bonds. The molecule has 0 aliphatic heterocycles. The molecule has 0 aliphatic rings. The van der Waals surface area contributed by atoms with Crippen molar-refractivity contribution in [2.24, 2.45) is 0 Å². The predicted octanol–water partition coefficient (Wildman–Crippen LogP) is 6.08. The molecule has 39 heavy (non-hydrogen) atoms. The van der Waals surface area contributed by atoms with Crippen LogP contribution in [0, 0.1) is 12.7 Å². The van der Waals surface area contributed by atoms with Crippen LogP contribution in [0.15, 0.2) is 95.5 Å². The molecular formula is C28H21FN4O5S. The molecule has 5 rings (SSSR count). The van der Waals surface area contributed by atoms with E-state index in [2.05, 4.69) is 15.5 Å². The Hall–Kier alpha value is -4.87. The molecule has 9 nitrogen and oxygen atoms in total. The van der Waals surface area contributed by atoms with E-state index in [0.717, 1.165) is 33.1 Å². The van der Waals surface area contributed by atoms with Crippen LogP contribution in [0.3, 0.4) is 0 Å². The molecule has 0 fully saturated rings. The number of aromatic nitrogens is 2. The van der Waals surface area contributed by atoms with Gasteiger partial charge >= 0.3 is 0 Å². The number of carbonyl (C=O) groups excluding carboxylic acids is 1. The number of anilines is 3. The third-order valence-electron chi connectivity index (χ3n) is 5.82. The molecule has 0 saturated carbocycles. The quantitative estimate of drug-likeness (QED) is 0.167. The second-order valence-electron chi connectivity index (χ2n) is 8.42. The fourth-order valence-electron chi connectivity index (χ4n) is 4.00. The number of phenolic OH excluding ortho intramolecular Hbond substituents is 1. The summed E-state index contributed by atoms with van der Waals surface area (Å²) in [6.07, 6.45) is 0. The number of hydrogen-bond donors (Lipinski definition) is 3. The molecule has 0 bridgehead atoms. The molecule has 1 heterocycles. The molecule has 1 unspecified atom stereocenters. The molecule has 5 aromatic rings. The van der Waals surface area contributed by atoms with E-state index < -0.39 is 23.0 Å². The van der Waals surface area contributed by atoms with Crippen LogP contribution in [0.4, 0.5) is 21.5 Å². The molecule has 1 atom stereocenters. The maximum Gasteiger partial charge on any atom is 0.266 e. The Morgan fingerprint density at radius 1 is 0.974 bits per heavy atom. The fourth-order valence-corrected chi connectivity index (χ4v) is 4.61. The summed E-state index contributed by atoms with van der Waals surface area (Å²) < 4.78 is 41.3. The first-order valence-electron chi connectivity index (χ1n) is 11.6. The number of rotatable bonds is 7. The second-order valence-corrected chi connectivity index (χ2v) is 9.25. The molecule has 1 aromatic heterocycles. The Balaban J connectivity index is 1.38. The average molecular weight is 545 g/mol. The van der Waals surface area contributed by atoms with Gasteiger partial charge in [0, 0.05) is 23.7 Å². The average Bonchev–Trinajstić information content (AvgIpc) is 3.37. The maximum absolute atomic E-state index is 13.4. The van der Waals surface area contributed by atoms with Gasteiger partial charge in [-0.05, 0) is 65.7 Å². The van der Waals surface area contributed by atoms with Gasteiger partial charge in [-0.25, -0.2) is 12.9 Å². The maximum atomic E-state index is 13.4. The number of hydrogen-bond acceptors (Lipinski definition) is 6. The minimum Gasteiger partial charge on any atom is -0.506 e. The first kappa shape index (κ1) is 25.8. The molecule has 11 heteroatoms. The van der Waals surface area contributed by atoms with Crippen molar-refractivity contribution >= 4 is 34.2 Å². The first-order valence-corrected chi connectivity index (χ1v) is 12.7.